The zero-order chi connectivity index (χ0) is 13.1. The van der Waals surface area contributed by atoms with E-state index in [4.69, 9.17) is 11.6 Å². The van der Waals surface area contributed by atoms with Gasteiger partial charge in [-0.1, -0.05) is 11.6 Å². The molecular formula is C13H16BrClN2O. The van der Waals surface area contributed by atoms with Gasteiger partial charge in [-0.05, 0) is 60.1 Å². The minimum atomic E-state index is 0.0583. The summed E-state index contributed by atoms with van der Waals surface area (Å²) in [6.45, 7) is 2.60. The third kappa shape index (κ3) is 3.05. The fourth-order valence-electron chi connectivity index (χ4n) is 2.30. The van der Waals surface area contributed by atoms with Gasteiger partial charge in [-0.15, -0.1) is 0 Å². The van der Waals surface area contributed by atoms with Gasteiger partial charge in [0.15, 0.2) is 0 Å². The lowest BCUT2D eigenvalue weighted by atomic mass is 10.1. The zero-order valence-corrected chi connectivity index (χ0v) is 12.6. The molecule has 5 heteroatoms. The summed E-state index contributed by atoms with van der Waals surface area (Å²) in [5.41, 5.74) is 0.646. The van der Waals surface area contributed by atoms with Gasteiger partial charge in [-0.3, -0.25) is 4.79 Å². The molecule has 1 atom stereocenters. The smallest absolute Gasteiger partial charge is 0.255 e. The van der Waals surface area contributed by atoms with Crippen LogP contribution in [-0.4, -0.2) is 37.5 Å². The number of benzene rings is 1. The Hall–Kier alpha value is -0.580. The average molecular weight is 332 g/mol. The number of likely N-dealkylation sites (tertiary alicyclic amines) is 1. The Bertz CT molecular complexity index is 453. The molecule has 0 aromatic heterocycles. The van der Waals surface area contributed by atoms with Crippen LogP contribution in [0.4, 0.5) is 0 Å². The number of carbonyl (C=O) groups is 1. The van der Waals surface area contributed by atoms with E-state index in [-0.39, 0.29) is 5.91 Å². The highest BCUT2D eigenvalue weighted by Crippen LogP contribution is 2.25. The van der Waals surface area contributed by atoms with Crippen LogP contribution in [0.1, 0.15) is 16.8 Å². The van der Waals surface area contributed by atoms with Gasteiger partial charge < -0.3 is 10.2 Å². The van der Waals surface area contributed by atoms with Crippen LogP contribution in [0.25, 0.3) is 0 Å². The van der Waals surface area contributed by atoms with Gasteiger partial charge in [0.2, 0.25) is 0 Å². The second kappa shape index (κ2) is 6.04. The Morgan fingerprint density at radius 1 is 1.61 bits per heavy atom. The van der Waals surface area contributed by atoms with E-state index in [9.17, 15) is 4.79 Å². The van der Waals surface area contributed by atoms with Crippen LogP contribution in [0, 0.1) is 5.92 Å². The normalized spacial score (nSPS) is 19.3. The lowest BCUT2D eigenvalue weighted by Gasteiger charge is -2.17. The third-order valence-electron chi connectivity index (χ3n) is 3.22. The fraction of sp³-hybridized carbons (Fsp3) is 0.462. The van der Waals surface area contributed by atoms with E-state index in [0.717, 1.165) is 30.5 Å². The minimum Gasteiger partial charge on any atom is -0.338 e. The zero-order valence-electron chi connectivity index (χ0n) is 10.2. The molecule has 2 rings (SSSR count). The van der Waals surface area contributed by atoms with E-state index in [1.807, 2.05) is 18.0 Å². The van der Waals surface area contributed by atoms with Crippen LogP contribution in [0.15, 0.2) is 22.7 Å². The van der Waals surface area contributed by atoms with Crippen molar-refractivity contribution in [2.24, 2.45) is 5.92 Å². The number of hydrogen-bond donors (Lipinski definition) is 1. The SMILES string of the molecule is CNC[C@@H]1CCN(C(=O)c2cc(Cl)ccc2Br)C1. The summed E-state index contributed by atoms with van der Waals surface area (Å²) in [4.78, 5) is 14.3. The van der Waals surface area contributed by atoms with Gasteiger partial charge in [-0.25, -0.2) is 0 Å². The van der Waals surface area contributed by atoms with Crippen molar-refractivity contribution in [2.75, 3.05) is 26.7 Å². The maximum atomic E-state index is 12.4. The van der Waals surface area contributed by atoms with Crippen LogP contribution >= 0.6 is 27.5 Å². The summed E-state index contributed by atoms with van der Waals surface area (Å²) in [5.74, 6) is 0.611. The topological polar surface area (TPSA) is 32.3 Å². The molecule has 1 aromatic rings. The Labute approximate surface area is 121 Å². The molecule has 0 aliphatic carbocycles. The van der Waals surface area contributed by atoms with Crippen molar-refractivity contribution < 1.29 is 4.79 Å². The Kier molecular flexibility index (Phi) is 4.65. The Balaban J connectivity index is 2.10. The molecule has 0 bridgehead atoms. The molecular weight excluding hydrogens is 316 g/mol. The summed E-state index contributed by atoms with van der Waals surface area (Å²) < 4.78 is 0.800. The van der Waals surface area contributed by atoms with Crippen LogP contribution < -0.4 is 5.32 Å². The Morgan fingerprint density at radius 3 is 3.11 bits per heavy atom. The summed E-state index contributed by atoms with van der Waals surface area (Å²) in [5, 5.41) is 3.75. The number of hydrogen-bond acceptors (Lipinski definition) is 2. The summed E-state index contributed by atoms with van der Waals surface area (Å²) in [6.07, 6.45) is 1.06. The quantitative estimate of drug-likeness (QED) is 0.924. The highest BCUT2D eigenvalue weighted by atomic mass is 79.9. The minimum absolute atomic E-state index is 0.0583. The monoisotopic (exact) mass is 330 g/mol. The van der Waals surface area contributed by atoms with Gasteiger partial charge in [0.05, 0.1) is 5.56 Å². The third-order valence-corrected chi connectivity index (χ3v) is 4.15. The largest absolute Gasteiger partial charge is 0.338 e. The fourth-order valence-corrected chi connectivity index (χ4v) is 2.89. The molecule has 18 heavy (non-hydrogen) atoms. The van der Waals surface area contributed by atoms with E-state index < -0.39 is 0 Å². The first-order valence-electron chi connectivity index (χ1n) is 6.00. The standard InChI is InChI=1S/C13H16BrClN2O/c1-16-7-9-4-5-17(8-9)13(18)11-6-10(15)2-3-12(11)14/h2-3,6,9,16H,4-5,7-8H2,1H3/t9-/m0/s1. The number of rotatable bonds is 3. The van der Waals surface area contributed by atoms with Gasteiger partial charge in [0.25, 0.3) is 5.91 Å². The first-order valence-corrected chi connectivity index (χ1v) is 7.18. The van der Waals surface area contributed by atoms with Crippen molar-refractivity contribution in [3.63, 3.8) is 0 Å². The van der Waals surface area contributed by atoms with Gasteiger partial charge in [0, 0.05) is 22.6 Å². The van der Waals surface area contributed by atoms with E-state index in [1.165, 1.54) is 0 Å². The molecule has 1 heterocycles. The van der Waals surface area contributed by atoms with E-state index in [2.05, 4.69) is 21.2 Å². The molecule has 3 nitrogen and oxygen atoms in total. The molecule has 0 saturated carbocycles. The van der Waals surface area contributed by atoms with Crippen molar-refractivity contribution in [3.05, 3.63) is 33.3 Å². The molecule has 1 amide bonds. The maximum absolute atomic E-state index is 12.4. The van der Waals surface area contributed by atoms with E-state index >= 15 is 0 Å². The molecule has 1 N–H and O–H groups in total. The van der Waals surface area contributed by atoms with Crippen LogP contribution in [-0.2, 0) is 0 Å². The first-order chi connectivity index (χ1) is 8.61. The van der Waals surface area contributed by atoms with E-state index in [1.54, 1.807) is 12.1 Å². The molecule has 1 aliphatic rings. The van der Waals surface area contributed by atoms with Crippen molar-refractivity contribution in [2.45, 2.75) is 6.42 Å². The molecule has 1 aliphatic heterocycles. The van der Waals surface area contributed by atoms with Crippen LogP contribution in [0.2, 0.25) is 5.02 Å². The maximum Gasteiger partial charge on any atom is 0.255 e. The molecule has 0 spiro atoms. The molecule has 1 saturated heterocycles. The van der Waals surface area contributed by atoms with Crippen LogP contribution in [0.5, 0.6) is 0 Å². The number of amides is 1. The summed E-state index contributed by atoms with van der Waals surface area (Å²) in [7, 11) is 1.94. The lowest BCUT2D eigenvalue weighted by Crippen LogP contribution is -2.30. The van der Waals surface area contributed by atoms with Gasteiger partial charge >= 0.3 is 0 Å². The molecule has 98 valence electrons. The Morgan fingerprint density at radius 2 is 2.39 bits per heavy atom. The lowest BCUT2D eigenvalue weighted by molar-refractivity contribution is 0.0786. The molecule has 0 unspecified atom stereocenters. The predicted octanol–water partition coefficient (Wildman–Crippen LogP) is 2.78. The van der Waals surface area contributed by atoms with Crippen molar-refractivity contribution in [1.29, 1.82) is 0 Å². The second-order valence-corrected chi connectivity index (χ2v) is 5.88. The van der Waals surface area contributed by atoms with Gasteiger partial charge in [-0.2, -0.15) is 0 Å². The van der Waals surface area contributed by atoms with Crippen molar-refractivity contribution >= 4 is 33.4 Å². The molecule has 0 radical (unpaired) electrons. The number of halogens is 2. The second-order valence-electron chi connectivity index (χ2n) is 4.59. The summed E-state index contributed by atoms with van der Waals surface area (Å²) in [6, 6.07) is 5.31. The average Bonchev–Trinajstić information content (AvgIpc) is 2.80. The van der Waals surface area contributed by atoms with Crippen molar-refractivity contribution in [1.82, 2.24) is 10.2 Å². The molecule has 1 aromatic carbocycles. The highest BCUT2D eigenvalue weighted by Gasteiger charge is 2.27. The van der Waals surface area contributed by atoms with Crippen LogP contribution in [0.3, 0.4) is 0 Å². The molecule has 1 fully saturated rings. The predicted molar refractivity (Wildman–Crippen MR) is 77.1 cm³/mol. The number of carbonyl (C=O) groups excluding carboxylic acids is 1. The number of nitrogens with zero attached hydrogens (tertiary/aromatic N) is 1. The first kappa shape index (κ1) is 13.8. The highest BCUT2D eigenvalue weighted by molar-refractivity contribution is 9.10. The van der Waals surface area contributed by atoms with E-state index in [0.29, 0.717) is 16.5 Å². The summed E-state index contributed by atoms with van der Waals surface area (Å²) >= 11 is 9.35. The van der Waals surface area contributed by atoms with Crippen molar-refractivity contribution in [3.8, 4) is 0 Å². The number of nitrogens with one attached hydrogen (secondary N) is 1. The van der Waals surface area contributed by atoms with Gasteiger partial charge in [0.1, 0.15) is 0 Å².